The van der Waals surface area contributed by atoms with Crippen LogP contribution in [0.4, 0.5) is 5.69 Å². The molecule has 0 saturated heterocycles. The molecule has 0 amide bonds. The minimum absolute atomic E-state index is 0.0518. The Bertz CT molecular complexity index is 1200. The Kier molecular flexibility index (Phi) is 5.50. The lowest BCUT2D eigenvalue weighted by molar-refractivity contribution is -0.137. The molecular weight excluding hydrogens is 398 g/mol. The van der Waals surface area contributed by atoms with Gasteiger partial charge >= 0.3 is 5.97 Å². The summed E-state index contributed by atoms with van der Waals surface area (Å²) >= 11 is 0. The number of anilines is 1. The summed E-state index contributed by atoms with van der Waals surface area (Å²) < 4.78 is 5.68. The molecule has 0 fully saturated rings. The maximum absolute atomic E-state index is 12.6. The van der Waals surface area contributed by atoms with Gasteiger partial charge in [0, 0.05) is 24.1 Å². The molecule has 0 saturated carbocycles. The highest BCUT2D eigenvalue weighted by Gasteiger charge is 2.21. The Morgan fingerprint density at radius 2 is 1.77 bits per heavy atom. The van der Waals surface area contributed by atoms with Crippen LogP contribution in [0.3, 0.4) is 0 Å². The van der Waals surface area contributed by atoms with Crippen molar-refractivity contribution < 1.29 is 39.5 Å². The molecule has 6 N–H and O–H groups in total. The van der Waals surface area contributed by atoms with Crippen LogP contribution in [-0.4, -0.2) is 43.8 Å². The number of rotatable bonds is 7. The SMILES string of the molecule is O=C[C@H](CCC(=O)O)Nc1c(O)cc(O)c2c(=O)cc(-c3ccc(O)c(O)c3)oc12. The minimum atomic E-state index is -1.12. The molecule has 0 aliphatic heterocycles. The van der Waals surface area contributed by atoms with Gasteiger partial charge in [0.1, 0.15) is 34.6 Å². The highest BCUT2D eigenvalue weighted by atomic mass is 16.4. The normalized spacial score (nSPS) is 11.9. The first-order valence-electron chi connectivity index (χ1n) is 8.70. The van der Waals surface area contributed by atoms with Crippen molar-refractivity contribution >= 4 is 28.9 Å². The number of phenolic OH excluding ortho intramolecular Hbond substituents is 4. The van der Waals surface area contributed by atoms with Gasteiger partial charge in [0.15, 0.2) is 22.5 Å². The highest BCUT2D eigenvalue weighted by Crippen LogP contribution is 2.40. The summed E-state index contributed by atoms with van der Waals surface area (Å²) in [6.45, 7) is 0. The third-order valence-electron chi connectivity index (χ3n) is 4.38. The second-order valence-electron chi connectivity index (χ2n) is 6.49. The van der Waals surface area contributed by atoms with E-state index >= 15 is 0 Å². The van der Waals surface area contributed by atoms with Crippen LogP contribution in [0.2, 0.25) is 0 Å². The van der Waals surface area contributed by atoms with Gasteiger partial charge in [0.05, 0.1) is 6.04 Å². The van der Waals surface area contributed by atoms with E-state index in [1.807, 2.05) is 0 Å². The highest BCUT2D eigenvalue weighted by molar-refractivity contribution is 5.97. The number of benzene rings is 2. The summed E-state index contributed by atoms with van der Waals surface area (Å²) in [5, 5.41) is 50.7. The molecule has 1 aromatic heterocycles. The zero-order chi connectivity index (χ0) is 22.0. The third kappa shape index (κ3) is 3.97. The van der Waals surface area contributed by atoms with Crippen LogP contribution >= 0.6 is 0 Å². The predicted molar refractivity (Wildman–Crippen MR) is 105 cm³/mol. The van der Waals surface area contributed by atoms with Crippen LogP contribution in [0.1, 0.15) is 12.8 Å². The summed E-state index contributed by atoms with van der Waals surface area (Å²) in [5.41, 5.74) is -0.916. The molecule has 1 atom stereocenters. The zero-order valence-corrected chi connectivity index (χ0v) is 15.3. The van der Waals surface area contributed by atoms with Crippen LogP contribution in [0, 0.1) is 0 Å². The van der Waals surface area contributed by atoms with E-state index in [0.29, 0.717) is 6.29 Å². The number of phenols is 4. The van der Waals surface area contributed by atoms with Gasteiger partial charge in [-0.15, -0.1) is 0 Å². The van der Waals surface area contributed by atoms with E-state index < -0.39 is 34.7 Å². The molecule has 3 aromatic rings. The summed E-state index contributed by atoms with van der Waals surface area (Å²) in [6, 6.07) is 4.63. The average Bonchev–Trinajstić information content (AvgIpc) is 2.68. The fraction of sp³-hybridized carbons (Fsp3) is 0.150. The van der Waals surface area contributed by atoms with Gasteiger partial charge in [0.25, 0.3) is 0 Å². The second-order valence-corrected chi connectivity index (χ2v) is 6.49. The first-order valence-corrected chi connectivity index (χ1v) is 8.70. The number of aromatic hydroxyl groups is 4. The van der Waals surface area contributed by atoms with E-state index in [-0.39, 0.29) is 46.6 Å². The van der Waals surface area contributed by atoms with Crippen molar-refractivity contribution in [3.05, 3.63) is 40.6 Å². The molecule has 0 aliphatic carbocycles. The van der Waals surface area contributed by atoms with Gasteiger partial charge in [-0.2, -0.15) is 0 Å². The van der Waals surface area contributed by atoms with E-state index in [1.165, 1.54) is 12.1 Å². The van der Waals surface area contributed by atoms with Crippen molar-refractivity contribution in [3.8, 4) is 34.3 Å². The Balaban J connectivity index is 2.17. The number of carbonyl (C=O) groups is 2. The van der Waals surface area contributed by atoms with Crippen LogP contribution in [-0.2, 0) is 9.59 Å². The second kappa shape index (κ2) is 8.03. The number of aliphatic carboxylic acids is 1. The largest absolute Gasteiger partial charge is 0.507 e. The van der Waals surface area contributed by atoms with Gasteiger partial charge in [0.2, 0.25) is 0 Å². The van der Waals surface area contributed by atoms with Crippen LogP contribution < -0.4 is 10.7 Å². The van der Waals surface area contributed by atoms with Gasteiger partial charge in [-0.1, -0.05) is 0 Å². The van der Waals surface area contributed by atoms with E-state index in [2.05, 4.69) is 5.32 Å². The number of hydrogen-bond donors (Lipinski definition) is 6. The van der Waals surface area contributed by atoms with Gasteiger partial charge < -0.3 is 40.1 Å². The first-order chi connectivity index (χ1) is 14.2. The standard InChI is InChI=1S/C20H17NO9/c22-8-10(2-4-17(28)29)21-19-15(27)6-13(25)18-14(26)7-16(30-20(18)19)9-1-3-11(23)12(24)5-9/h1,3,5-8,10,21,23-25,27H,2,4H2,(H,28,29)/t10-/m0/s1. The molecule has 0 spiro atoms. The van der Waals surface area contributed by atoms with Gasteiger partial charge in [-0.3, -0.25) is 9.59 Å². The predicted octanol–water partition coefficient (Wildman–Crippen LogP) is 2.13. The van der Waals surface area contributed by atoms with Crippen molar-refractivity contribution in [2.75, 3.05) is 5.32 Å². The Morgan fingerprint density at radius 3 is 2.40 bits per heavy atom. The Morgan fingerprint density at radius 1 is 1.03 bits per heavy atom. The molecule has 10 nitrogen and oxygen atoms in total. The van der Waals surface area contributed by atoms with Crippen molar-refractivity contribution in [1.29, 1.82) is 0 Å². The minimum Gasteiger partial charge on any atom is -0.507 e. The fourth-order valence-corrected chi connectivity index (χ4v) is 2.90. The number of hydrogen-bond acceptors (Lipinski definition) is 9. The molecule has 0 unspecified atom stereocenters. The molecule has 3 rings (SSSR count). The summed E-state index contributed by atoms with van der Waals surface area (Å²) in [4.78, 5) is 34.7. The molecule has 30 heavy (non-hydrogen) atoms. The molecule has 0 radical (unpaired) electrons. The van der Waals surface area contributed by atoms with Crippen LogP contribution in [0.15, 0.2) is 39.5 Å². The Hall–Kier alpha value is -4.21. The first kappa shape index (κ1) is 20.5. The number of nitrogens with one attached hydrogen (secondary N) is 1. The van der Waals surface area contributed by atoms with Crippen molar-refractivity contribution in [2.24, 2.45) is 0 Å². The van der Waals surface area contributed by atoms with Gasteiger partial charge in [-0.25, -0.2) is 0 Å². The molecule has 0 aliphatic rings. The molecule has 2 aromatic carbocycles. The van der Waals surface area contributed by atoms with Crippen LogP contribution in [0.25, 0.3) is 22.3 Å². The van der Waals surface area contributed by atoms with E-state index in [9.17, 15) is 34.8 Å². The van der Waals surface area contributed by atoms with Crippen molar-refractivity contribution in [1.82, 2.24) is 0 Å². The molecule has 10 heteroatoms. The fourth-order valence-electron chi connectivity index (χ4n) is 2.90. The lowest BCUT2D eigenvalue weighted by atomic mass is 10.1. The van der Waals surface area contributed by atoms with Gasteiger partial charge in [-0.05, 0) is 24.6 Å². The quantitative estimate of drug-likeness (QED) is 0.190. The monoisotopic (exact) mass is 415 g/mol. The molecule has 0 bridgehead atoms. The smallest absolute Gasteiger partial charge is 0.303 e. The summed E-state index contributed by atoms with van der Waals surface area (Å²) in [6.07, 6.45) is 0.0204. The van der Waals surface area contributed by atoms with E-state index in [1.54, 1.807) is 0 Å². The Labute approximate surface area is 168 Å². The maximum Gasteiger partial charge on any atom is 0.303 e. The van der Waals surface area contributed by atoms with Crippen molar-refractivity contribution in [3.63, 3.8) is 0 Å². The zero-order valence-electron chi connectivity index (χ0n) is 15.3. The lowest BCUT2D eigenvalue weighted by Gasteiger charge is -2.17. The lowest BCUT2D eigenvalue weighted by Crippen LogP contribution is -2.22. The number of carboxylic acids is 1. The topological polar surface area (TPSA) is 178 Å². The van der Waals surface area contributed by atoms with E-state index in [4.69, 9.17) is 9.52 Å². The molecule has 1 heterocycles. The van der Waals surface area contributed by atoms with Crippen LogP contribution in [0.5, 0.6) is 23.0 Å². The number of aldehydes is 1. The maximum atomic E-state index is 12.6. The summed E-state index contributed by atoms with van der Waals surface area (Å²) in [7, 11) is 0. The average molecular weight is 415 g/mol. The third-order valence-corrected chi connectivity index (χ3v) is 4.38. The molecule has 156 valence electrons. The summed E-state index contributed by atoms with van der Waals surface area (Å²) in [5.74, 6) is -3.10. The molecular formula is C20H17NO9. The number of fused-ring (bicyclic) bond motifs is 1. The number of carbonyl (C=O) groups excluding carboxylic acids is 1. The van der Waals surface area contributed by atoms with E-state index in [0.717, 1.165) is 18.2 Å². The van der Waals surface area contributed by atoms with Crippen molar-refractivity contribution in [2.45, 2.75) is 18.9 Å². The number of carboxylic acid groups (broad SMARTS) is 1.